The molecule has 2 aliphatic carbocycles. The van der Waals surface area contributed by atoms with E-state index in [9.17, 15) is 10.2 Å². The Labute approximate surface area is 173 Å². The number of rotatable bonds is 4. The second kappa shape index (κ2) is 8.96. The third-order valence-corrected chi connectivity index (χ3v) is 8.92. The summed E-state index contributed by atoms with van der Waals surface area (Å²) in [4.78, 5) is 0. The molecule has 3 heteroatoms. The molecule has 0 saturated heterocycles. The molecular weight excluding hydrogens is 352 g/mol. The topological polar surface area (TPSA) is 40.5 Å². The van der Waals surface area contributed by atoms with Gasteiger partial charge in [0.2, 0.25) is 0 Å². The average molecular weight is 399 g/mol. The van der Waals surface area contributed by atoms with E-state index in [1.807, 2.05) is 0 Å². The lowest BCUT2D eigenvalue weighted by Crippen LogP contribution is -2.43. The zero-order chi connectivity index (χ0) is 20.6. The van der Waals surface area contributed by atoms with Gasteiger partial charge in [-0.1, -0.05) is 55.4 Å². The molecule has 0 aromatic rings. The SMILES string of the molecule is CC1CC(CSCC2CC(C)C(O)C(C(C)(C)C)C2)CC(C(C)(C)C)C1O. The van der Waals surface area contributed by atoms with Crippen LogP contribution in [0.4, 0.5) is 0 Å². The van der Waals surface area contributed by atoms with E-state index in [1.165, 1.54) is 37.2 Å². The summed E-state index contributed by atoms with van der Waals surface area (Å²) in [7, 11) is 0. The van der Waals surface area contributed by atoms with Crippen molar-refractivity contribution in [3.05, 3.63) is 0 Å². The first-order chi connectivity index (χ1) is 12.3. The summed E-state index contributed by atoms with van der Waals surface area (Å²) in [5.74, 6) is 5.62. The Bertz CT molecular complexity index is 422. The fourth-order valence-corrected chi connectivity index (χ4v) is 7.07. The van der Waals surface area contributed by atoms with E-state index >= 15 is 0 Å². The van der Waals surface area contributed by atoms with Gasteiger partial charge in [0, 0.05) is 0 Å². The molecule has 2 nitrogen and oxygen atoms in total. The first-order valence-electron chi connectivity index (χ1n) is 11.2. The van der Waals surface area contributed by atoms with Crippen LogP contribution in [0.25, 0.3) is 0 Å². The van der Waals surface area contributed by atoms with Gasteiger partial charge in [0.15, 0.2) is 0 Å². The number of thioether (sulfide) groups is 1. The molecule has 0 bridgehead atoms. The summed E-state index contributed by atoms with van der Waals surface area (Å²) in [5.41, 5.74) is 0.373. The molecule has 0 radical (unpaired) electrons. The van der Waals surface area contributed by atoms with Gasteiger partial charge in [0.1, 0.15) is 0 Å². The lowest BCUT2D eigenvalue weighted by Gasteiger charge is -2.45. The van der Waals surface area contributed by atoms with E-state index in [4.69, 9.17) is 0 Å². The van der Waals surface area contributed by atoms with Crippen LogP contribution in [-0.2, 0) is 0 Å². The third kappa shape index (κ3) is 6.12. The van der Waals surface area contributed by atoms with Crippen LogP contribution in [0.1, 0.15) is 81.1 Å². The molecule has 2 saturated carbocycles. The largest absolute Gasteiger partial charge is 0.393 e. The summed E-state index contributed by atoms with van der Waals surface area (Å²) in [5, 5.41) is 21.3. The van der Waals surface area contributed by atoms with Gasteiger partial charge in [-0.2, -0.15) is 11.8 Å². The van der Waals surface area contributed by atoms with Crippen molar-refractivity contribution >= 4 is 11.8 Å². The zero-order valence-corrected chi connectivity index (χ0v) is 20.0. The molecule has 160 valence electrons. The van der Waals surface area contributed by atoms with Crippen molar-refractivity contribution < 1.29 is 10.2 Å². The molecule has 0 aromatic heterocycles. The second-order valence-electron chi connectivity index (χ2n) is 12.1. The van der Waals surface area contributed by atoms with Crippen molar-refractivity contribution in [2.75, 3.05) is 11.5 Å². The maximum Gasteiger partial charge on any atom is 0.0599 e. The van der Waals surface area contributed by atoms with Crippen LogP contribution in [0.5, 0.6) is 0 Å². The van der Waals surface area contributed by atoms with Gasteiger partial charge in [0.25, 0.3) is 0 Å². The molecule has 0 aromatic carbocycles. The summed E-state index contributed by atoms with van der Waals surface area (Å²) in [6, 6.07) is 0. The highest BCUT2D eigenvalue weighted by Crippen LogP contribution is 2.46. The monoisotopic (exact) mass is 398 g/mol. The smallest absolute Gasteiger partial charge is 0.0599 e. The van der Waals surface area contributed by atoms with Crippen molar-refractivity contribution in [3.63, 3.8) is 0 Å². The Balaban J connectivity index is 1.87. The Morgan fingerprint density at radius 1 is 0.667 bits per heavy atom. The summed E-state index contributed by atoms with van der Waals surface area (Å²) >= 11 is 2.13. The molecule has 27 heavy (non-hydrogen) atoms. The molecule has 2 aliphatic rings. The zero-order valence-electron chi connectivity index (χ0n) is 19.2. The molecule has 8 atom stereocenters. The molecule has 8 unspecified atom stereocenters. The van der Waals surface area contributed by atoms with Crippen molar-refractivity contribution in [1.29, 1.82) is 0 Å². The molecule has 2 N–H and O–H groups in total. The highest BCUT2D eigenvalue weighted by molar-refractivity contribution is 7.99. The number of aliphatic hydroxyl groups is 2. The van der Waals surface area contributed by atoms with E-state index in [0.717, 1.165) is 11.8 Å². The Morgan fingerprint density at radius 2 is 1.00 bits per heavy atom. The molecule has 2 rings (SSSR count). The van der Waals surface area contributed by atoms with Gasteiger partial charge in [0.05, 0.1) is 12.2 Å². The first kappa shape index (κ1) is 23.5. The van der Waals surface area contributed by atoms with Gasteiger partial charge in [-0.15, -0.1) is 0 Å². The fraction of sp³-hybridized carbons (Fsp3) is 1.00. The van der Waals surface area contributed by atoms with Crippen LogP contribution in [0.3, 0.4) is 0 Å². The van der Waals surface area contributed by atoms with Gasteiger partial charge in [-0.25, -0.2) is 0 Å². The highest BCUT2D eigenvalue weighted by Gasteiger charge is 2.42. The third-order valence-electron chi connectivity index (χ3n) is 7.51. The fourth-order valence-electron chi connectivity index (χ4n) is 5.72. The van der Waals surface area contributed by atoms with Crippen molar-refractivity contribution in [2.45, 2.75) is 93.3 Å². The Kier molecular flexibility index (Phi) is 7.81. The van der Waals surface area contributed by atoms with E-state index in [2.05, 4.69) is 67.2 Å². The van der Waals surface area contributed by atoms with Gasteiger partial charge < -0.3 is 10.2 Å². The lowest BCUT2D eigenvalue weighted by molar-refractivity contribution is -0.0402. The van der Waals surface area contributed by atoms with Crippen LogP contribution in [-0.4, -0.2) is 33.9 Å². The Morgan fingerprint density at radius 3 is 1.30 bits per heavy atom. The second-order valence-corrected chi connectivity index (χ2v) is 13.2. The van der Waals surface area contributed by atoms with Crippen LogP contribution in [0, 0.1) is 46.3 Å². The maximum absolute atomic E-state index is 10.6. The van der Waals surface area contributed by atoms with Gasteiger partial charge in [-0.3, -0.25) is 0 Å². The molecule has 0 amide bonds. The molecule has 0 spiro atoms. The predicted molar refractivity (Wildman–Crippen MR) is 119 cm³/mol. The normalized spacial score (nSPS) is 41.6. The minimum atomic E-state index is -0.139. The van der Waals surface area contributed by atoms with E-state index < -0.39 is 0 Å². The summed E-state index contributed by atoms with van der Waals surface area (Å²) in [6.07, 6.45) is 4.41. The predicted octanol–water partition coefficient (Wildman–Crippen LogP) is 5.86. The van der Waals surface area contributed by atoms with E-state index in [0.29, 0.717) is 23.7 Å². The highest BCUT2D eigenvalue weighted by atomic mass is 32.2. The van der Waals surface area contributed by atoms with Crippen LogP contribution in [0.15, 0.2) is 0 Å². The van der Waals surface area contributed by atoms with Crippen LogP contribution < -0.4 is 0 Å². The molecule has 2 fully saturated rings. The van der Waals surface area contributed by atoms with E-state index in [-0.39, 0.29) is 23.0 Å². The number of hydrogen-bond donors (Lipinski definition) is 2. The lowest BCUT2D eigenvalue weighted by atomic mass is 9.64. The average Bonchev–Trinajstić information content (AvgIpc) is 2.51. The van der Waals surface area contributed by atoms with Crippen molar-refractivity contribution in [3.8, 4) is 0 Å². The molecule has 0 heterocycles. The van der Waals surface area contributed by atoms with Gasteiger partial charge >= 0.3 is 0 Å². The first-order valence-corrected chi connectivity index (χ1v) is 12.4. The molecule has 0 aliphatic heterocycles. The maximum atomic E-state index is 10.6. The van der Waals surface area contributed by atoms with Crippen LogP contribution >= 0.6 is 11.8 Å². The van der Waals surface area contributed by atoms with Crippen molar-refractivity contribution in [1.82, 2.24) is 0 Å². The Hall–Kier alpha value is 0.270. The minimum absolute atomic E-state index is 0.139. The number of aliphatic hydroxyl groups excluding tert-OH is 2. The minimum Gasteiger partial charge on any atom is -0.393 e. The summed E-state index contributed by atoms with van der Waals surface area (Å²) in [6.45, 7) is 18.2. The summed E-state index contributed by atoms with van der Waals surface area (Å²) < 4.78 is 0. The quantitative estimate of drug-likeness (QED) is 0.623. The number of hydrogen-bond acceptors (Lipinski definition) is 3. The molecular formula is C24H46O2S. The standard InChI is InChI=1S/C24H46O2S/c1-15-9-17(11-19(21(15)25)23(3,4)5)13-27-14-18-10-16(2)22(26)20(12-18)24(6,7)8/h15-22,25-26H,9-14H2,1-8H3. The van der Waals surface area contributed by atoms with Crippen LogP contribution in [0.2, 0.25) is 0 Å². The van der Waals surface area contributed by atoms with E-state index in [1.54, 1.807) is 0 Å². The van der Waals surface area contributed by atoms with Crippen molar-refractivity contribution in [2.24, 2.45) is 46.3 Å². The van der Waals surface area contributed by atoms with Gasteiger partial charge in [-0.05, 0) is 83.5 Å².